The van der Waals surface area contributed by atoms with Gasteiger partial charge in [0, 0.05) is 6.07 Å². The van der Waals surface area contributed by atoms with Crippen molar-refractivity contribution < 1.29 is 9.84 Å². The van der Waals surface area contributed by atoms with Gasteiger partial charge in [0.25, 0.3) is 0 Å². The van der Waals surface area contributed by atoms with Crippen molar-refractivity contribution in [2.75, 3.05) is 13.1 Å². The molecular weight excluding hydrogens is 264 g/mol. The molecule has 21 heavy (non-hydrogen) atoms. The molecule has 1 aromatic heterocycles. The van der Waals surface area contributed by atoms with Gasteiger partial charge in [-0.3, -0.25) is 0 Å². The lowest BCUT2D eigenvalue weighted by molar-refractivity contribution is 0.00131. The second kappa shape index (κ2) is 6.24. The molecule has 2 heterocycles. The number of nitrogens with one attached hydrogen (secondary N) is 1. The number of hydrogen-bond acceptors (Lipinski definition) is 4. The predicted octanol–water partition coefficient (Wildman–Crippen LogP) is 2.23. The highest BCUT2D eigenvalue weighted by atomic mass is 16.5. The lowest BCUT2D eigenvalue weighted by atomic mass is 9.89. The third kappa shape index (κ3) is 3.40. The first kappa shape index (κ1) is 14.0. The molecule has 2 N–H and O–H groups in total. The quantitative estimate of drug-likeness (QED) is 0.904. The van der Waals surface area contributed by atoms with Gasteiger partial charge < -0.3 is 15.2 Å². The number of aliphatic hydroxyl groups is 1. The smallest absolute Gasteiger partial charge is 0.213 e. The minimum atomic E-state index is -0.836. The molecular formula is C17H20N2O2. The highest BCUT2D eigenvalue weighted by Crippen LogP contribution is 2.30. The van der Waals surface area contributed by atoms with Crippen molar-refractivity contribution in [3.8, 4) is 5.88 Å². The number of benzene rings is 1. The van der Waals surface area contributed by atoms with Crippen LogP contribution < -0.4 is 10.1 Å². The fourth-order valence-electron chi connectivity index (χ4n) is 2.58. The predicted molar refractivity (Wildman–Crippen MR) is 81.0 cm³/mol. The topological polar surface area (TPSA) is 54.4 Å². The molecule has 1 aliphatic heterocycles. The largest absolute Gasteiger partial charge is 0.473 e. The van der Waals surface area contributed by atoms with E-state index in [0.29, 0.717) is 31.0 Å². The molecule has 2 aromatic rings. The average molecular weight is 284 g/mol. The van der Waals surface area contributed by atoms with Crippen LogP contribution in [0.2, 0.25) is 0 Å². The van der Waals surface area contributed by atoms with Crippen LogP contribution in [0.15, 0.2) is 48.5 Å². The molecule has 0 bridgehead atoms. The van der Waals surface area contributed by atoms with Gasteiger partial charge in [-0.1, -0.05) is 36.4 Å². The van der Waals surface area contributed by atoms with E-state index in [0.717, 1.165) is 18.7 Å². The molecule has 110 valence electrons. The van der Waals surface area contributed by atoms with Crippen molar-refractivity contribution in [2.45, 2.75) is 25.0 Å². The van der Waals surface area contributed by atoms with Crippen molar-refractivity contribution in [2.24, 2.45) is 0 Å². The van der Waals surface area contributed by atoms with Gasteiger partial charge >= 0.3 is 0 Å². The Hall–Kier alpha value is -1.91. The van der Waals surface area contributed by atoms with Gasteiger partial charge in [0.15, 0.2) is 0 Å². The molecule has 4 heteroatoms. The summed E-state index contributed by atoms with van der Waals surface area (Å²) in [5.74, 6) is 0.559. The molecule has 1 saturated heterocycles. The lowest BCUT2D eigenvalue weighted by Crippen LogP contribution is -2.40. The van der Waals surface area contributed by atoms with Crippen LogP contribution in [-0.4, -0.2) is 23.2 Å². The number of ether oxygens (including phenoxy) is 1. The second-order valence-corrected chi connectivity index (χ2v) is 5.42. The summed E-state index contributed by atoms with van der Waals surface area (Å²) in [6.07, 6.45) is 1.37. The van der Waals surface area contributed by atoms with E-state index >= 15 is 0 Å². The minimum Gasteiger partial charge on any atom is -0.473 e. The Morgan fingerprint density at radius 1 is 1.05 bits per heavy atom. The van der Waals surface area contributed by atoms with Crippen molar-refractivity contribution >= 4 is 0 Å². The summed E-state index contributed by atoms with van der Waals surface area (Å²) in [7, 11) is 0. The normalized spacial score (nSPS) is 17.4. The van der Waals surface area contributed by atoms with Gasteiger partial charge in [0.05, 0.1) is 5.69 Å². The first-order valence-corrected chi connectivity index (χ1v) is 7.34. The second-order valence-electron chi connectivity index (χ2n) is 5.42. The van der Waals surface area contributed by atoms with Gasteiger partial charge in [-0.15, -0.1) is 0 Å². The van der Waals surface area contributed by atoms with E-state index in [-0.39, 0.29) is 0 Å². The van der Waals surface area contributed by atoms with Gasteiger partial charge in [-0.2, -0.15) is 0 Å². The van der Waals surface area contributed by atoms with E-state index in [1.165, 1.54) is 0 Å². The van der Waals surface area contributed by atoms with Crippen LogP contribution in [0.25, 0.3) is 0 Å². The average Bonchev–Trinajstić information content (AvgIpc) is 2.55. The van der Waals surface area contributed by atoms with Crippen molar-refractivity contribution in [3.63, 3.8) is 0 Å². The molecule has 0 radical (unpaired) electrons. The highest BCUT2D eigenvalue weighted by Gasteiger charge is 2.32. The van der Waals surface area contributed by atoms with Crippen molar-refractivity contribution in [1.82, 2.24) is 10.3 Å². The summed E-state index contributed by atoms with van der Waals surface area (Å²) in [4.78, 5) is 4.48. The first-order valence-electron chi connectivity index (χ1n) is 7.34. The summed E-state index contributed by atoms with van der Waals surface area (Å²) in [6, 6.07) is 15.6. The van der Waals surface area contributed by atoms with E-state index in [1.807, 2.05) is 48.5 Å². The Morgan fingerprint density at radius 3 is 2.57 bits per heavy atom. The van der Waals surface area contributed by atoms with Crippen LogP contribution in [-0.2, 0) is 12.2 Å². The molecule has 0 saturated carbocycles. The minimum absolute atomic E-state index is 0.483. The standard InChI is InChI=1S/C17H20N2O2/c20-17(9-11-18-12-10-17)15-7-4-8-16(19-15)21-13-14-5-2-1-3-6-14/h1-8,18,20H,9-13H2. The summed E-state index contributed by atoms with van der Waals surface area (Å²) in [5, 5.41) is 13.9. The van der Waals surface area contributed by atoms with Gasteiger partial charge in [-0.25, -0.2) is 4.98 Å². The van der Waals surface area contributed by atoms with Gasteiger partial charge in [0.2, 0.25) is 5.88 Å². The zero-order valence-electron chi connectivity index (χ0n) is 12.0. The highest BCUT2D eigenvalue weighted by molar-refractivity contribution is 5.22. The van der Waals surface area contributed by atoms with E-state index in [2.05, 4.69) is 10.3 Å². The third-order valence-corrected chi connectivity index (χ3v) is 3.86. The van der Waals surface area contributed by atoms with E-state index in [1.54, 1.807) is 0 Å². The fourth-order valence-corrected chi connectivity index (χ4v) is 2.58. The fraction of sp³-hybridized carbons (Fsp3) is 0.353. The maximum absolute atomic E-state index is 10.7. The molecule has 1 fully saturated rings. The number of pyridine rings is 1. The number of aromatic nitrogens is 1. The van der Waals surface area contributed by atoms with Crippen LogP contribution >= 0.6 is 0 Å². The molecule has 0 aliphatic carbocycles. The van der Waals surface area contributed by atoms with E-state index in [4.69, 9.17) is 4.74 Å². The van der Waals surface area contributed by atoms with Crippen molar-refractivity contribution in [1.29, 1.82) is 0 Å². The van der Waals surface area contributed by atoms with Crippen LogP contribution in [0.5, 0.6) is 5.88 Å². The zero-order valence-corrected chi connectivity index (χ0v) is 12.0. The Morgan fingerprint density at radius 2 is 1.81 bits per heavy atom. The van der Waals surface area contributed by atoms with Gasteiger partial charge in [0.1, 0.15) is 12.2 Å². The van der Waals surface area contributed by atoms with Crippen LogP contribution in [0.3, 0.4) is 0 Å². The van der Waals surface area contributed by atoms with E-state index < -0.39 is 5.60 Å². The molecule has 1 aliphatic rings. The first-order chi connectivity index (χ1) is 10.3. The third-order valence-electron chi connectivity index (χ3n) is 3.86. The SMILES string of the molecule is OC1(c2cccc(OCc3ccccc3)n2)CCNCC1. The number of nitrogens with zero attached hydrogens (tertiary/aromatic N) is 1. The molecule has 0 spiro atoms. The Labute approximate surface area is 124 Å². The van der Waals surface area contributed by atoms with Crippen LogP contribution in [0.4, 0.5) is 0 Å². The molecule has 0 unspecified atom stereocenters. The maximum Gasteiger partial charge on any atom is 0.213 e. The number of rotatable bonds is 4. The molecule has 3 rings (SSSR count). The Balaban J connectivity index is 1.71. The number of piperidine rings is 1. The Kier molecular flexibility index (Phi) is 4.18. The summed E-state index contributed by atoms with van der Waals surface area (Å²) in [6.45, 7) is 2.11. The lowest BCUT2D eigenvalue weighted by Gasteiger charge is -2.32. The van der Waals surface area contributed by atoms with Crippen LogP contribution in [0, 0.1) is 0 Å². The summed E-state index contributed by atoms with van der Waals surface area (Å²) in [5.41, 5.74) is 0.969. The number of hydrogen-bond donors (Lipinski definition) is 2. The maximum atomic E-state index is 10.7. The molecule has 1 aromatic carbocycles. The summed E-state index contributed by atoms with van der Waals surface area (Å²) >= 11 is 0. The summed E-state index contributed by atoms with van der Waals surface area (Å²) < 4.78 is 5.73. The van der Waals surface area contributed by atoms with Gasteiger partial charge in [-0.05, 0) is 37.6 Å². The zero-order chi connectivity index (χ0) is 14.5. The van der Waals surface area contributed by atoms with Crippen molar-refractivity contribution in [3.05, 3.63) is 59.8 Å². The molecule has 0 amide bonds. The van der Waals surface area contributed by atoms with Crippen LogP contribution in [0.1, 0.15) is 24.1 Å². The molecule has 4 nitrogen and oxygen atoms in total. The van der Waals surface area contributed by atoms with E-state index in [9.17, 15) is 5.11 Å². The monoisotopic (exact) mass is 284 g/mol. The molecule has 0 atom stereocenters. The Bertz CT molecular complexity index is 580.